The molecular formula is C8H12O3. The number of epoxide rings is 1. The van der Waals surface area contributed by atoms with Crippen LogP contribution < -0.4 is 0 Å². The lowest BCUT2D eigenvalue weighted by molar-refractivity contribution is -0.146. The van der Waals surface area contributed by atoms with E-state index in [0.717, 1.165) is 19.3 Å². The van der Waals surface area contributed by atoms with Gasteiger partial charge in [0.2, 0.25) is 0 Å². The summed E-state index contributed by atoms with van der Waals surface area (Å²) in [5.41, 5.74) is 0. The molecule has 2 aliphatic rings. The SMILES string of the molecule is COC(=O)[C@@H]1CC[C@H]2O[C@@H]2C1. The lowest BCUT2D eigenvalue weighted by atomic mass is 9.89. The van der Waals surface area contributed by atoms with Gasteiger partial charge in [-0.2, -0.15) is 0 Å². The van der Waals surface area contributed by atoms with Gasteiger partial charge >= 0.3 is 5.97 Å². The van der Waals surface area contributed by atoms with Crippen LogP contribution in [0.15, 0.2) is 0 Å². The fourth-order valence-electron chi connectivity index (χ4n) is 1.78. The zero-order chi connectivity index (χ0) is 7.84. The monoisotopic (exact) mass is 156 g/mol. The number of carbonyl (C=O) groups is 1. The van der Waals surface area contributed by atoms with E-state index in [2.05, 4.69) is 4.74 Å². The molecule has 3 atom stereocenters. The van der Waals surface area contributed by atoms with Gasteiger partial charge in [-0.3, -0.25) is 4.79 Å². The van der Waals surface area contributed by atoms with Crippen LogP contribution in [0, 0.1) is 5.92 Å². The van der Waals surface area contributed by atoms with Crippen molar-refractivity contribution in [3.05, 3.63) is 0 Å². The molecule has 0 radical (unpaired) electrons. The van der Waals surface area contributed by atoms with Gasteiger partial charge < -0.3 is 9.47 Å². The van der Waals surface area contributed by atoms with Crippen molar-refractivity contribution >= 4 is 5.97 Å². The summed E-state index contributed by atoms with van der Waals surface area (Å²) in [6, 6.07) is 0. The van der Waals surface area contributed by atoms with Gasteiger partial charge in [-0.05, 0) is 19.3 Å². The van der Waals surface area contributed by atoms with E-state index in [1.165, 1.54) is 7.11 Å². The second-order valence-corrected chi connectivity index (χ2v) is 3.25. The highest BCUT2D eigenvalue weighted by Gasteiger charge is 2.45. The highest BCUT2D eigenvalue weighted by Crippen LogP contribution is 2.39. The van der Waals surface area contributed by atoms with Crippen molar-refractivity contribution < 1.29 is 14.3 Å². The molecule has 0 unspecified atom stereocenters. The first kappa shape index (κ1) is 7.10. The first-order valence-electron chi connectivity index (χ1n) is 4.04. The van der Waals surface area contributed by atoms with E-state index >= 15 is 0 Å². The second-order valence-electron chi connectivity index (χ2n) is 3.25. The van der Waals surface area contributed by atoms with E-state index < -0.39 is 0 Å². The van der Waals surface area contributed by atoms with Crippen LogP contribution >= 0.6 is 0 Å². The summed E-state index contributed by atoms with van der Waals surface area (Å²) < 4.78 is 9.96. The van der Waals surface area contributed by atoms with Crippen molar-refractivity contribution in [1.82, 2.24) is 0 Å². The standard InChI is InChI=1S/C8H12O3/c1-10-8(9)5-2-3-6-7(4-5)11-6/h5-7H,2-4H2,1H3/t5-,6-,7-/m1/s1. The van der Waals surface area contributed by atoms with Crippen LogP contribution in [0.25, 0.3) is 0 Å². The van der Waals surface area contributed by atoms with Gasteiger partial charge in [0.15, 0.2) is 0 Å². The Labute approximate surface area is 65.7 Å². The van der Waals surface area contributed by atoms with Crippen LogP contribution in [0.5, 0.6) is 0 Å². The van der Waals surface area contributed by atoms with Crippen molar-refractivity contribution in [1.29, 1.82) is 0 Å². The average molecular weight is 156 g/mol. The summed E-state index contributed by atoms with van der Waals surface area (Å²) in [4.78, 5) is 11.1. The van der Waals surface area contributed by atoms with Crippen molar-refractivity contribution in [3.8, 4) is 0 Å². The Bertz CT molecular complexity index is 178. The highest BCUT2D eigenvalue weighted by molar-refractivity contribution is 5.72. The summed E-state index contributed by atoms with van der Waals surface area (Å²) in [7, 11) is 1.45. The van der Waals surface area contributed by atoms with Gasteiger partial charge in [0.05, 0.1) is 25.2 Å². The third-order valence-corrected chi connectivity index (χ3v) is 2.54. The number of esters is 1. The number of hydrogen-bond donors (Lipinski definition) is 0. The smallest absolute Gasteiger partial charge is 0.308 e. The van der Waals surface area contributed by atoms with E-state index in [-0.39, 0.29) is 11.9 Å². The Morgan fingerprint density at radius 2 is 2.27 bits per heavy atom. The van der Waals surface area contributed by atoms with Gasteiger partial charge in [0, 0.05) is 0 Å². The number of rotatable bonds is 1. The molecule has 0 bridgehead atoms. The minimum Gasteiger partial charge on any atom is -0.469 e. The molecular weight excluding hydrogens is 144 g/mol. The molecule has 1 saturated carbocycles. The van der Waals surface area contributed by atoms with Gasteiger partial charge in [-0.25, -0.2) is 0 Å². The summed E-state index contributed by atoms with van der Waals surface area (Å²) in [6.45, 7) is 0. The van der Waals surface area contributed by atoms with Crippen molar-refractivity contribution in [2.24, 2.45) is 5.92 Å². The van der Waals surface area contributed by atoms with Crippen LogP contribution in [0.1, 0.15) is 19.3 Å². The first-order valence-corrected chi connectivity index (χ1v) is 4.04. The maximum Gasteiger partial charge on any atom is 0.308 e. The van der Waals surface area contributed by atoms with Gasteiger partial charge in [-0.1, -0.05) is 0 Å². The number of ether oxygens (including phenoxy) is 2. The van der Waals surface area contributed by atoms with E-state index in [9.17, 15) is 4.79 Å². The molecule has 0 aromatic carbocycles. The predicted octanol–water partition coefficient (Wildman–Crippen LogP) is 0.727. The molecule has 0 aromatic heterocycles. The Kier molecular flexibility index (Phi) is 1.60. The van der Waals surface area contributed by atoms with Crippen LogP contribution in [0.4, 0.5) is 0 Å². The molecule has 0 spiro atoms. The summed E-state index contributed by atoms with van der Waals surface area (Å²) in [6.07, 6.45) is 3.68. The maximum atomic E-state index is 11.1. The second kappa shape index (κ2) is 2.48. The fourth-order valence-corrected chi connectivity index (χ4v) is 1.78. The predicted molar refractivity (Wildman–Crippen MR) is 38.0 cm³/mol. The van der Waals surface area contributed by atoms with Gasteiger partial charge in [0.25, 0.3) is 0 Å². The Morgan fingerprint density at radius 3 is 2.91 bits per heavy atom. The third kappa shape index (κ3) is 1.25. The molecule has 2 fully saturated rings. The van der Waals surface area contributed by atoms with Gasteiger partial charge in [-0.15, -0.1) is 0 Å². The molecule has 1 saturated heterocycles. The van der Waals surface area contributed by atoms with Crippen molar-refractivity contribution in [3.63, 3.8) is 0 Å². The van der Waals surface area contributed by atoms with Crippen LogP contribution in [0.3, 0.4) is 0 Å². The zero-order valence-electron chi connectivity index (χ0n) is 6.58. The minimum absolute atomic E-state index is 0.0704. The van der Waals surface area contributed by atoms with Crippen molar-refractivity contribution in [2.45, 2.75) is 31.5 Å². The normalized spacial score (nSPS) is 41.0. The summed E-state index contributed by atoms with van der Waals surface area (Å²) in [5, 5.41) is 0. The molecule has 1 aliphatic heterocycles. The largest absolute Gasteiger partial charge is 0.469 e. The molecule has 2 rings (SSSR count). The van der Waals surface area contributed by atoms with Crippen LogP contribution in [-0.2, 0) is 14.3 Å². The van der Waals surface area contributed by atoms with E-state index in [4.69, 9.17) is 4.74 Å². The Morgan fingerprint density at radius 1 is 1.45 bits per heavy atom. The lowest BCUT2D eigenvalue weighted by Gasteiger charge is -2.15. The third-order valence-electron chi connectivity index (χ3n) is 2.54. The highest BCUT2D eigenvalue weighted by atomic mass is 16.6. The van der Waals surface area contributed by atoms with Crippen LogP contribution in [0.2, 0.25) is 0 Å². The molecule has 11 heavy (non-hydrogen) atoms. The number of hydrogen-bond acceptors (Lipinski definition) is 3. The topological polar surface area (TPSA) is 38.8 Å². The van der Waals surface area contributed by atoms with E-state index in [0.29, 0.717) is 12.2 Å². The Balaban J connectivity index is 1.89. The Hall–Kier alpha value is -0.570. The number of fused-ring (bicyclic) bond motifs is 1. The number of methoxy groups -OCH3 is 1. The molecule has 0 aromatic rings. The van der Waals surface area contributed by atoms with E-state index in [1.807, 2.05) is 0 Å². The molecule has 0 N–H and O–H groups in total. The molecule has 1 aliphatic carbocycles. The quantitative estimate of drug-likeness (QED) is 0.415. The summed E-state index contributed by atoms with van der Waals surface area (Å²) in [5.74, 6) is 0.0303. The molecule has 3 nitrogen and oxygen atoms in total. The average Bonchev–Trinajstić information content (AvgIpc) is 2.80. The number of carbonyl (C=O) groups excluding carboxylic acids is 1. The zero-order valence-corrected chi connectivity index (χ0v) is 6.58. The molecule has 3 heteroatoms. The van der Waals surface area contributed by atoms with Gasteiger partial charge in [0.1, 0.15) is 0 Å². The molecule has 62 valence electrons. The fraction of sp³-hybridized carbons (Fsp3) is 0.875. The minimum atomic E-state index is -0.0704. The van der Waals surface area contributed by atoms with Crippen LogP contribution in [-0.4, -0.2) is 25.3 Å². The van der Waals surface area contributed by atoms with Crippen molar-refractivity contribution in [2.75, 3.05) is 7.11 Å². The summed E-state index contributed by atoms with van der Waals surface area (Å²) >= 11 is 0. The first-order chi connectivity index (χ1) is 5.31. The molecule has 0 amide bonds. The molecule has 1 heterocycles. The lowest BCUT2D eigenvalue weighted by Crippen LogP contribution is -2.22. The van der Waals surface area contributed by atoms with E-state index in [1.54, 1.807) is 0 Å². The maximum absolute atomic E-state index is 11.1.